The van der Waals surface area contributed by atoms with Crippen molar-refractivity contribution in [1.82, 2.24) is 10.2 Å². The van der Waals surface area contributed by atoms with Gasteiger partial charge in [0.15, 0.2) is 0 Å². The Labute approximate surface area is 123 Å². The first-order valence-corrected chi connectivity index (χ1v) is 6.72. The van der Waals surface area contributed by atoms with E-state index in [1.807, 2.05) is 32.0 Å². The molecule has 0 atom stereocenters. The minimum absolute atomic E-state index is 0.290. The SMILES string of the molecule is Cc1ccc(C)c(NC(=O)CN2C(=O)NC(C)(C)C2=O)c1. The largest absolute Gasteiger partial charge is 0.325 e. The first-order valence-electron chi connectivity index (χ1n) is 6.72. The molecule has 4 amide bonds. The number of nitrogens with zero attached hydrogens (tertiary/aromatic N) is 1. The van der Waals surface area contributed by atoms with Crippen molar-refractivity contribution in [2.75, 3.05) is 11.9 Å². The number of carbonyl (C=O) groups excluding carboxylic acids is 3. The summed E-state index contributed by atoms with van der Waals surface area (Å²) in [5.41, 5.74) is 1.67. The summed E-state index contributed by atoms with van der Waals surface area (Å²) >= 11 is 0. The van der Waals surface area contributed by atoms with Crippen molar-refractivity contribution in [3.05, 3.63) is 29.3 Å². The number of rotatable bonds is 3. The van der Waals surface area contributed by atoms with Crippen molar-refractivity contribution in [2.24, 2.45) is 0 Å². The van der Waals surface area contributed by atoms with Gasteiger partial charge in [0, 0.05) is 5.69 Å². The highest BCUT2D eigenvalue weighted by Gasteiger charge is 2.44. The van der Waals surface area contributed by atoms with Crippen molar-refractivity contribution in [2.45, 2.75) is 33.2 Å². The normalized spacial score (nSPS) is 16.9. The number of hydrogen-bond acceptors (Lipinski definition) is 3. The standard InChI is InChI=1S/C15H19N3O3/c1-9-5-6-10(2)11(7-9)16-12(19)8-18-13(20)15(3,4)17-14(18)21/h5-7H,8H2,1-4H3,(H,16,19)(H,17,21). The Morgan fingerprint density at radius 3 is 2.52 bits per heavy atom. The Morgan fingerprint density at radius 1 is 1.29 bits per heavy atom. The Balaban J connectivity index is 2.07. The van der Waals surface area contributed by atoms with E-state index in [0.717, 1.165) is 16.0 Å². The molecule has 0 radical (unpaired) electrons. The number of urea groups is 1. The fraction of sp³-hybridized carbons (Fsp3) is 0.400. The molecule has 1 aromatic rings. The Morgan fingerprint density at radius 2 is 1.95 bits per heavy atom. The molecule has 0 saturated carbocycles. The van der Waals surface area contributed by atoms with Crippen LogP contribution in [0.2, 0.25) is 0 Å². The van der Waals surface area contributed by atoms with Crippen LogP contribution >= 0.6 is 0 Å². The van der Waals surface area contributed by atoms with Crippen LogP contribution in [0.3, 0.4) is 0 Å². The third-order valence-electron chi connectivity index (χ3n) is 3.41. The van der Waals surface area contributed by atoms with Gasteiger partial charge in [0.2, 0.25) is 5.91 Å². The van der Waals surface area contributed by atoms with E-state index in [2.05, 4.69) is 10.6 Å². The molecule has 0 aromatic heterocycles. The number of anilines is 1. The topological polar surface area (TPSA) is 78.5 Å². The van der Waals surface area contributed by atoms with Gasteiger partial charge in [-0.15, -0.1) is 0 Å². The van der Waals surface area contributed by atoms with Crippen molar-refractivity contribution in [1.29, 1.82) is 0 Å². The number of aryl methyl sites for hydroxylation is 2. The van der Waals surface area contributed by atoms with Crippen LogP contribution in [0.1, 0.15) is 25.0 Å². The van der Waals surface area contributed by atoms with E-state index in [-0.39, 0.29) is 6.54 Å². The molecule has 1 aromatic carbocycles. The molecule has 6 nitrogen and oxygen atoms in total. The zero-order valence-electron chi connectivity index (χ0n) is 12.6. The van der Waals surface area contributed by atoms with Gasteiger partial charge in [-0.3, -0.25) is 14.5 Å². The van der Waals surface area contributed by atoms with Crippen LogP contribution in [0, 0.1) is 13.8 Å². The molecule has 0 aliphatic carbocycles. The van der Waals surface area contributed by atoms with Crippen LogP contribution in [-0.2, 0) is 9.59 Å². The van der Waals surface area contributed by atoms with Gasteiger partial charge in [0.25, 0.3) is 5.91 Å². The summed E-state index contributed by atoms with van der Waals surface area (Å²) in [6.07, 6.45) is 0. The molecule has 6 heteroatoms. The zero-order chi connectivity index (χ0) is 15.8. The molecule has 1 saturated heterocycles. The molecule has 1 fully saturated rings. The second-order valence-electron chi connectivity index (χ2n) is 5.81. The third kappa shape index (κ3) is 3.04. The average Bonchev–Trinajstić information content (AvgIpc) is 2.56. The number of amides is 4. The van der Waals surface area contributed by atoms with Gasteiger partial charge in [-0.2, -0.15) is 0 Å². The maximum atomic E-state index is 12.0. The van der Waals surface area contributed by atoms with Gasteiger partial charge in [-0.1, -0.05) is 12.1 Å². The molecule has 1 aliphatic heterocycles. The smallest absolute Gasteiger partial charge is 0.324 e. The molecule has 2 rings (SSSR count). The highest BCUT2D eigenvalue weighted by molar-refractivity contribution is 6.09. The van der Waals surface area contributed by atoms with Crippen LogP contribution in [0.25, 0.3) is 0 Å². The molecule has 0 bridgehead atoms. The van der Waals surface area contributed by atoms with Gasteiger partial charge in [-0.25, -0.2) is 4.79 Å². The average molecular weight is 289 g/mol. The first kappa shape index (κ1) is 15.0. The lowest BCUT2D eigenvalue weighted by Gasteiger charge is -2.16. The molecule has 1 heterocycles. The lowest BCUT2D eigenvalue weighted by molar-refractivity contribution is -0.132. The summed E-state index contributed by atoms with van der Waals surface area (Å²) in [5, 5.41) is 5.27. The maximum Gasteiger partial charge on any atom is 0.325 e. The van der Waals surface area contributed by atoms with E-state index >= 15 is 0 Å². The van der Waals surface area contributed by atoms with Gasteiger partial charge in [0.05, 0.1) is 0 Å². The predicted octanol–water partition coefficient (Wildman–Crippen LogP) is 1.57. The van der Waals surface area contributed by atoms with E-state index in [1.165, 1.54) is 0 Å². The number of hydrogen-bond donors (Lipinski definition) is 2. The van der Waals surface area contributed by atoms with E-state index < -0.39 is 23.4 Å². The summed E-state index contributed by atoms with van der Waals surface area (Å²) < 4.78 is 0. The maximum absolute atomic E-state index is 12.0. The molecule has 112 valence electrons. The second-order valence-corrected chi connectivity index (χ2v) is 5.81. The summed E-state index contributed by atoms with van der Waals surface area (Å²) in [5.74, 6) is -0.798. The highest BCUT2D eigenvalue weighted by Crippen LogP contribution is 2.18. The van der Waals surface area contributed by atoms with Gasteiger partial charge < -0.3 is 10.6 Å². The lowest BCUT2D eigenvalue weighted by atomic mass is 10.1. The number of imide groups is 1. The number of nitrogens with one attached hydrogen (secondary N) is 2. The van der Waals surface area contributed by atoms with Crippen molar-refractivity contribution in [3.63, 3.8) is 0 Å². The van der Waals surface area contributed by atoms with Gasteiger partial charge in [-0.05, 0) is 44.9 Å². The summed E-state index contributed by atoms with van der Waals surface area (Å²) in [6.45, 7) is 6.73. The molecule has 0 unspecified atom stereocenters. The van der Waals surface area contributed by atoms with E-state index in [0.29, 0.717) is 5.69 Å². The molecular weight excluding hydrogens is 270 g/mol. The summed E-state index contributed by atoms with van der Waals surface area (Å²) in [7, 11) is 0. The Hall–Kier alpha value is -2.37. The van der Waals surface area contributed by atoms with Crippen molar-refractivity contribution < 1.29 is 14.4 Å². The van der Waals surface area contributed by atoms with Crippen LogP contribution in [0.5, 0.6) is 0 Å². The molecular formula is C15H19N3O3. The molecule has 21 heavy (non-hydrogen) atoms. The Kier molecular flexibility index (Phi) is 3.72. The zero-order valence-corrected chi connectivity index (χ0v) is 12.6. The van der Waals surface area contributed by atoms with Gasteiger partial charge in [0.1, 0.15) is 12.1 Å². The van der Waals surface area contributed by atoms with Crippen molar-refractivity contribution >= 4 is 23.5 Å². The van der Waals surface area contributed by atoms with E-state index in [1.54, 1.807) is 13.8 Å². The van der Waals surface area contributed by atoms with E-state index in [9.17, 15) is 14.4 Å². The minimum atomic E-state index is -0.962. The predicted molar refractivity (Wildman–Crippen MR) is 78.9 cm³/mol. The third-order valence-corrected chi connectivity index (χ3v) is 3.41. The monoisotopic (exact) mass is 289 g/mol. The van der Waals surface area contributed by atoms with Crippen LogP contribution in [0.4, 0.5) is 10.5 Å². The van der Waals surface area contributed by atoms with Crippen LogP contribution in [0.15, 0.2) is 18.2 Å². The summed E-state index contributed by atoms with van der Waals surface area (Å²) in [6, 6.07) is 5.16. The van der Waals surface area contributed by atoms with E-state index in [4.69, 9.17) is 0 Å². The lowest BCUT2D eigenvalue weighted by Crippen LogP contribution is -2.41. The fourth-order valence-electron chi connectivity index (χ4n) is 2.17. The molecule has 1 aliphatic rings. The first-order chi connectivity index (χ1) is 9.70. The quantitative estimate of drug-likeness (QED) is 0.829. The van der Waals surface area contributed by atoms with Crippen LogP contribution in [-0.4, -0.2) is 34.8 Å². The van der Waals surface area contributed by atoms with Crippen molar-refractivity contribution in [3.8, 4) is 0 Å². The summed E-state index contributed by atoms with van der Waals surface area (Å²) in [4.78, 5) is 36.7. The molecule has 2 N–H and O–H groups in total. The highest BCUT2D eigenvalue weighted by atomic mass is 16.2. The number of carbonyl (C=O) groups is 3. The van der Waals surface area contributed by atoms with Crippen LogP contribution < -0.4 is 10.6 Å². The minimum Gasteiger partial charge on any atom is -0.324 e. The second kappa shape index (κ2) is 5.20. The Bertz CT molecular complexity index is 623. The molecule has 0 spiro atoms. The fourth-order valence-corrected chi connectivity index (χ4v) is 2.17. The van der Waals surface area contributed by atoms with Gasteiger partial charge >= 0.3 is 6.03 Å². The number of benzene rings is 1.